The molecule has 2 aliphatic heterocycles. The third kappa shape index (κ3) is 0.985. The molecule has 0 aromatic heterocycles. The molecule has 13 heavy (non-hydrogen) atoms. The van der Waals surface area contributed by atoms with Crippen LogP contribution in [0.4, 0.5) is 0 Å². The Labute approximate surface area is 84.3 Å². The highest BCUT2D eigenvalue weighted by molar-refractivity contribution is 9.10. The molecule has 2 heterocycles. The SMILES string of the molecule is CO[C@@H]1[C@@H]2CN=N[C@]2(Br)C(=O)N1C. The minimum absolute atomic E-state index is 0.00463. The number of rotatable bonds is 1. The maximum atomic E-state index is 11.7. The van der Waals surface area contributed by atoms with E-state index < -0.39 is 4.45 Å². The lowest BCUT2D eigenvalue weighted by Gasteiger charge is -2.20. The molecule has 1 saturated heterocycles. The van der Waals surface area contributed by atoms with Gasteiger partial charge < -0.3 is 9.64 Å². The number of carbonyl (C=O) groups excluding carboxylic acids is 1. The third-order valence-electron chi connectivity index (χ3n) is 2.57. The van der Waals surface area contributed by atoms with E-state index in [1.807, 2.05) is 0 Å². The van der Waals surface area contributed by atoms with Crippen LogP contribution in [0.25, 0.3) is 0 Å². The van der Waals surface area contributed by atoms with Crippen LogP contribution in [-0.2, 0) is 9.53 Å². The molecule has 6 heteroatoms. The maximum Gasteiger partial charge on any atom is 0.265 e. The molecule has 0 aliphatic carbocycles. The number of hydrogen-bond acceptors (Lipinski definition) is 4. The summed E-state index contributed by atoms with van der Waals surface area (Å²) in [6.07, 6.45) is -0.220. The van der Waals surface area contributed by atoms with E-state index in [1.165, 1.54) is 0 Å². The van der Waals surface area contributed by atoms with Crippen LogP contribution in [0.1, 0.15) is 0 Å². The highest BCUT2D eigenvalue weighted by atomic mass is 79.9. The zero-order chi connectivity index (χ0) is 9.64. The van der Waals surface area contributed by atoms with Crippen molar-refractivity contribution in [3.63, 3.8) is 0 Å². The Morgan fingerprint density at radius 1 is 1.77 bits per heavy atom. The van der Waals surface area contributed by atoms with Crippen LogP contribution < -0.4 is 0 Å². The van der Waals surface area contributed by atoms with Gasteiger partial charge in [0.15, 0.2) is 0 Å². The molecule has 1 amide bonds. The molecule has 2 rings (SSSR count). The summed E-state index contributed by atoms with van der Waals surface area (Å²) in [5.74, 6) is -0.0828. The highest BCUT2D eigenvalue weighted by Crippen LogP contribution is 2.45. The van der Waals surface area contributed by atoms with Crippen LogP contribution >= 0.6 is 15.9 Å². The number of fused-ring (bicyclic) bond motifs is 1. The molecule has 0 radical (unpaired) electrons. The largest absolute Gasteiger partial charge is 0.361 e. The van der Waals surface area contributed by atoms with E-state index in [1.54, 1.807) is 19.1 Å². The van der Waals surface area contributed by atoms with Crippen LogP contribution in [0, 0.1) is 5.92 Å². The first kappa shape index (κ1) is 9.08. The van der Waals surface area contributed by atoms with Crippen LogP contribution in [0.15, 0.2) is 10.2 Å². The fourth-order valence-corrected chi connectivity index (χ4v) is 2.63. The van der Waals surface area contributed by atoms with Gasteiger partial charge in [-0.2, -0.15) is 10.2 Å². The number of likely N-dealkylation sites (N-methyl/N-ethyl adjacent to an activating group) is 1. The first-order chi connectivity index (χ1) is 6.11. The van der Waals surface area contributed by atoms with Crippen molar-refractivity contribution in [3.05, 3.63) is 0 Å². The second kappa shape index (κ2) is 2.75. The molecule has 3 atom stereocenters. The molecular weight excluding hydrogens is 238 g/mol. The molecule has 0 spiro atoms. The molecule has 2 aliphatic rings. The lowest BCUT2D eigenvalue weighted by atomic mass is 10.0. The molecule has 0 unspecified atom stereocenters. The molecule has 0 saturated carbocycles. The van der Waals surface area contributed by atoms with Gasteiger partial charge >= 0.3 is 0 Å². The summed E-state index contributed by atoms with van der Waals surface area (Å²) in [6.45, 7) is 0.542. The Morgan fingerprint density at radius 2 is 2.46 bits per heavy atom. The number of likely N-dealkylation sites (tertiary alicyclic amines) is 1. The monoisotopic (exact) mass is 247 g/mol. The summed E-state index contributed by atoms with van der Waals surface area (Å²) in [6, 6.07) is 0. The summed E-state index contributed by atoms with van der Waals surface area (Å²) in [5.41, 5.74) is 0. The Kier molecular flexibility index (Phi) is 1.92. The van der Waals surface area contributed by atoms with Gasteiger partial charge in [-0.05, 0) is 15.9 Å². The number of hydrogen-bond donors (Lipinski definition) is 0. The van der Waals surface area contributed by atoms with Gasteiger partial charge in [-0.15, -0.1) is 0 Å². The predicted molar refractivity (Wildman–Crippen MR) is 48.4 cm³/mol. The van der Waals surface area contributed by atoms with Gasteiger partial charge in [0.05, 0.1) is 12.5 Å². The summed E-state index contributed by atoms with van der Waals surface area (Å²) < 4.78 is 4.37. The van der Waals surface area contributed by atoms with Crippen LogP contribution in [-0.4, -0.2) is 42.2 Å². The number of halogens is 1. The number of methoxy groups -OCH3 is 1. The van der Waals surface area contributed by atoms with E-state index in [2.05, 4.69) is 26.2 Å². The molecule has 0 aromatic carbocycles. The van der Waals surface area contributed by atoms with Crippen molar-refractivity contribution >= 4 is 21.8 Å². The average Bonchev–Trinajstić information content (AvgIpc) is 2.55. The lowest BCUT2D eigenvalue weighted by molar-refractivity contribution is -0.134. The maximum absolute atomic E-state index is 11.7. The minimum atomic E-state index is -0.859. The van der Waals surface area contributed by atoms with Crippen LogP contribution in [0.5, 0.6) is 0 Å². The van der Waals surface area contributed by atoms with E-state index in [0.29, 0.717) is 6.54 Å². The first-order valence-electron chi connectivity index (χ1n) is 3.99. The van der Waals surface area contributed by atoms with Crippen molar-refractivity contribution in [2.75, 3.05) is 20.7 Å². The van der Waals surface area contributed by atoms with E-state index in [0.717, 1.165) is 0 Å². The van der Waals surface area contributed by atoms with Gasteiger partial charge in [-0.3, -0.25) is 4.79 Å². The first-order valence-corrected chi connectivity index (χ1v) is 4.78. The minimum Gasteiger partial charge on any atom is -0.361 e. The molecule has 5 nitrogen and oxygen atoms in total. The Bertz CT molecular complexity index is 283. The van der Waals surface area contributed by atoms with Gasteiger partial charge in [0.2, 0.25) is 4.45 Å². The van der Waals surface area contributed by atoms with Gasteiger partial charge in [0.1, 0.15) is 6.23 Å². The highest BCUT2D eigenvalue weighted by Gasteiger charge is 2.60. The molecular formula is C7H10BrN3O2. The number of azo groups is 1. The zero-order valence-electron chi connectivity index (χ0n) is 7.40. The van der Waals surface area contributed by atoms with Gasteiger partial charge in [-0.1, -0.05) is 0 Å². The fraction of sp³-hybridized carbons (Fsp3) is 0.857. The standard InChI is InChI=1S/C7H10BrN3O2/c1-11-5(13-2)4-3-9-10-7(4,8)6(11)12/h4-5H,3H2,1-2H3/t4-,5+,7-/m0/s1. The quantitative estimate of drug-likeness (QED) is 0.504. The van der Waals surface area contributed by atoms with Gasteiger partial charge in [0.25, 0.3) is 5.91 Å². The number of ether oxygens (including phenoxy) is 1. The van der Waals surface area contributed by atoms with E-state index in [9.17, 15) is 4.79 Å². The second-order valence-electron chi connectivity index (χ2n) is 3.25. The second-order valence-corrected chi connectivity index (χ2v) is 4.46. The summed E-state index contributed by atoms with van der Waals surface area (Å²) in [4.78, 5) is 13.3. The van der Waals surface area contributed by atoms with Crippen molar-refractivity contribution in [1.29, 1.82) is 0 Å². The summed E-state index contributed by atoms with van der Waals surface area (Å²) >= 11 is 3.33. The van der Waals surface area contributed by atoms with Crippen molar-refractivity contribution in [3.8, 4) is 0 Å². The number of amides is 1. The van der Waals surface area contributed by atoms with Gasteiger partial charge in [-0.25, -0.2) is 0 Å². The molecule has 0 aromatic rings. The van der Waals surface area contributed by atoms with E-state index in [-0.39, 0.29) is 18.1 Å². The topological polar surface area (TPSA) is 54.3 Å². The van der Waals surface area contributed by atoms with Crippen LogP contribution in [0.3, 0.4) is 0 Å². The normalized spacial score (nSPS) is 43.0. The Morgan fingerprint density at radius 3 is 3.08 bits per heavy atom. The van der Waals surface area contributed by atoms with Gasteiger partial charge in [0, 0.05) is 14.2 Å². The summed E-state index contributed by atoms with van der Waals surface area (Å²) in [5, 5.41) is 7.80. The number of nitrogens with zero attached hydrogens (tertiary/aromatic N) is 3. The Balaban J connectivity index is 2.37. The predicted octanol–water partition coefficient (Wildman–Crippen LogP) is 0.604. The number of carbonyl (C=O) groups is 1. The smallest absolute Gasteiger partial charge is 0.265 e. The van der Waals surface area contributed by atoms with E-state index >= 15 is 0 Å². The molecule has 1 fully saturated rings. The summed E-state index contributed by atoms with van der Waals surface area (Å²) in [7, 11) is 3.30. The molecule has 72 valence electrons. The van der Waals surface area contributed by atoms with E-state index in [4.69, 9.17) is 4.74 Å². The number of alkyl halides is 1. The zero-order valence-corrected chi connectivity index (χ0v) is 8.98. The van der Waals surface area contributed by atoms with Crippen molar-refractivity contribution in [2.45, 2.75) is 10.7 Å². The molecule has 0 bridgehead atoms. The fourth-order valence-electron chi connectivity index (χ4n) is 1.86. The Hall–Kier alpha value is -0.490. The molecule has 0 N–H and O–H groups in total. The van der Waals surface area contributed by atoms with Crippen molar-refractivity contribution < 1.29 is 9.53 Å². The lowest BCUT2D eigenvalue weighted by Crippen LogP contribution is -2.34. The average molecular weight is 248 g/mol. The van der Waals surface area contributed by atoms with Crippen LogP contribution in [0.2, 0.25) is 0 Å². The van der Waals surface area contributed by atoms with Crippen molar-refractivity contribution in [2.24, 2.45) is 16.1 Å². The third-order valence-corrected chi connectivity index (χ3v) is 3.66. The van der Waals surface area contributed by atoms with Crippen molar-refractivity contribution in [1.82, 2.24) is 4.90 Å².